The Morgan fingerprint density at radius 2 is 2.08 bits per heavy atom. The van der Waals surface area contributed by atoms with Crippen molar-refractivity contribution >= 4 is 11.7 Å². The van der Waals surface area contributed by atoms with Crippen molar-refractivity contribution in [2.24, 2.45) is 0 Å². The Kier molecular flexibility index (Phi) is 3.78. The molecule has 0 amide bonds. The summed E-state index contributed by atoms with van der Waals surface area (Å²) in [6, 6.07) is 9.29. The van der Waals surface area contributed by atoms with E-state index in [0.717, 1.165) is 5.69 Å². The van der Waals surface area contributed by atoms with Gasteiger partial charge in [0.2, 0.25) is 0 Å². The van der Waals surface area contributed by atoms with Gasteiger partial charge in [0.15, 0.2) is 0 Å². The normalized spacial score (nSPS) is 9.54. The van der Waals surface area contributed by atoms with Crippen LogP contribution in [-0.4, -0.2) is 17.7 Å². The van der Waals surface area contributed by atoms with Crippen molar-refractivity contribution < 1.29 is 14.7 Å². The first-order valence-corrected chi connectivity index (χ1v) is 3.93. The standard InChI is InChI=1S/C9H11NO3/c11-9(12)6-7-13-10-8-4-2-1-3-5-8/h1-5,10H,6-7H2,(H,11,12). The Labute approximate surface area is 76.1 Å². The Balaban J connectivity index is 2.17. The number of anilines is 1. The van der Waals surface area contributed by atoms with E-state index in [9.17, 15) is 4.79 Å². The molecule has 4 nitrogen and oxygen atoms in total. The van der Waals surface area contributed by atoms with Gasteiger partial charge in [0, 0.05) is 0 Å². The quantitative estimate of drug-likeness (QED) is 0.534. The molecule has 0 aliphatic rings. The van der Waals surface area contributed by atoms with Gasteiger partial charge in [-0.05, 0) is 12.1 Å². The SMILES string of the molecule is O=C(O)CCONc1ccccc1. The molecule has 0 unspecified atom stereocenters. The highest BCUT2D eigenvalue weighted by Gasteiger charge is 1.95. The number of carbonyl (C=O) groups is 1. The maximum atomic E-state index is 10.1. The van der Waals surface area contributed by atoms with E-state index in [-0.39, 0.29) is 13.0 Å². The van der Waals surface area contributed by atoms with Gasteiger partial charge in [0.05, 0.1) is 18.7 Å². The predicted octanol–water partition coefficient (Wildman–Crippen LogP) is 1.50. The third-order valence-corrected chi connectivity index (χ3v) is 1.38. The zero-order valence-electron chi connectivity index (χ0n) is 7.06. The van der Waals surface area contributed by atoms with Gasteiger partial charge in [-0.15, -0.1) is 0 Å². The van der Waals surface area contributed by atoms with Crippen molar-refractivity contribution in [2.75, 3.05) is 12.1 Å². The molecule has 0 spiro atoms. The Morgan fingerprint density at radius 1 is 1.38 bits per heavy atom. The number of hydrogen-bond acceptors (Lipinski definition) is 3. The van der Waals surface area contributed by atoms with Crippen LogP contribution in [0.3, 0.4) is 0 Å². The largest absolute Gasteiger partial charge is 0.481 e. The summed E-state index contributed by atoms with van der Waals surface area (Å²) in [6.45, 7) is 0.157. The smallest absolute Gasteiger partial charge is 0.305 e. The minimum absolute atomic E-state index is 0.000165. The molecule has 1 rings (SSSR count). The van der Waals surface area contributed by atoms with Crippen LogP contribution in [0.2, 0.25) is 0 Å². The molecule has 0 aliphatic heterocycles. The zero-order valence-corrected chi connectivity index (χ0v) is 7.06. The minimum Gasteiger partial charge on any atom is -0.481 e. The molecular formula is C9H11NO3. The summed E-state index contributed by atoms with van der Waals surface area (Å²) in [7, 11) is 0. The van der Waals surface area contributed by atoms with Gasteiger partial charge >= 0.3 is 5.97 Å². The van der Waals surface area contributed by atoms with Crippen LogP contribution in [0.4, 0.5) is 5.69 Å². The minimum atomic E-state index is -0.866. The summed E-state index contributed by atoms with van der Waals surface area (Å²) in [5.41, 5.74) is 3.45. The van der Waals surface area contributed by atoms with Gasteiger partial charge < -0.3 is 5.11 Å². The molecule has 2 N–H and O–H groups in total. The second-order valence-corrected chi connectivity index (χ2v) is 2.46. The summed E-state index contributed by atoms with van der Waals surface area (Å²) in [5.74, 6) is -0.866. The lowest BCUT2D eigenvalue weighted by atomic mass is 10.3. The third kappa shape index (κ3) is 4.12. The first-order chi connectivity index (χ1) is 6.29. The Bertz CT molecular complexity index is 261. The molecule has 0 bridgehead atoms. The third-order valence-electron chi connectivity index (χ3n) is 1.38. The van der Waals surface area contributed by atoms with Crippen LogP contribution in [-0.2, 0) is 9.63 Å². The number of carboxylic acid groups (broad SMARTS) is 1. The number of carboxylic acids is 1. The number of benzene rings is 1. The van der Waals surface area contributed by atoms with Gasteiger partial charge in [0.25, 0.3) is 0 Å². The summed E-state index contributed by atoms with van der Waals surface area (Å²) in [5, 5.41) is 8.30. The average molecular weight is 181 g/mol. The lowest BCUT2D eigenvalue weighted by molar-refractivity contribution is -0.137. The van der Waals surface area contributed by atoms with Crippen molar-refractivity contribution in [2.45, 2.75) is 6.42 Å². The Morgan fingerprint density at radius 3 is 2.69 bits per heavy atom. The van der Waals surface area contributed by atoms with Crippen LogP contribution in [0.1, 0.15) is 6.42 Å². The van der Waals surface area contributed by atoms with Crippen molar-refractivity contribution in [3.63, 3.8) is 0 Å². The van der Waals surface area contributed by atoms with E-state index < -0.39 is 5.97 Å². The van der Waals surface area contributed by atoms with Crippen molar-refractivity contribution in [3.05, 3.63) is 30.3 Å². The van der Waals surface area contributed by atoms with Crippen LogP contribution in [0.5, 0.6) is 0 Å². The first-order valence-electron chi connectivity index (χ1n) is 3.93. The summed E-state index contributed by atoms with van der Waals surface area (Å²) in [6.07, 6.45) is -0.000165. The molecule has 0 heterocycles. The fourth-order valence-corrected chi connectivity index (χ4v) is 0.779. The fraction of sp³-hybridized carbons (Fsp3) is 0.222. The summed E-state index contributed by atoms with van der Waals surface area (Å²) in [4.78, 5) is 15.0. The predicted molar refractivity (Wildman–Crippen MR) is 48.3 cm³/mol. The molecule has 0 fully saturated rings. The first kappa shape index (κ1) is 9.54. The second-order valence-electron chi connectivity index (χ2n) is 2.46. The van der Waals surface area contributed by atoms with Crippen LogP contribution in [0.15, 0.2) is 30.3 Å². The summed E-state index contributed by atoms with van der Waals surface area (Å²) < 4.78 is 0. The van der Waals surface area contributed by atoms with E-state index in [4.69, 9.17) is 9.94 Å². The molecule has 0 atom stereocenters. The molecule has 13 heavy (non-hydrogen) atoms. The van der Waals surface area contributed by atoms with E-state index >= 15 is 0 Å². The van der Waals surface area contributed by atoms with Crippen LogP contribution < -0.4 is 5.48 Å². The van der Waals surface area contributed by atoms with E-state index in [0.29, 0.717) is 0 Å². The van der Waals surface area contributed by atoms with Gasteiger partial charge in [-0.2, -0.15) is 0 Å². The molecule has 0 aliphatic carbocycles. The molecular weight excluding hydrogens is 170 g/mol. The van der Waals surface area contributed by atoms with Crippen molar-refractivity contribution in [1.29, 1.82) is 0 Å². The van der Waals surface area contributed by atoms with Gasteiger partial charge in [-0.3, -0.25) is 15.1 Å². The van der Waals surface area contributed by atoms with Crippen LogP contribution in [0.25, 0.3) is 0 Å². The van der Waals surface area contributed by atoms with E-state index in [2.05, 4.69) is 5.48 Å². The highest BCUT2D eigenvalue weighted by molar-refractivity contribution is 5.66. The number of rotatable bonds is 5. The van der Waals surface area contributed by atoms with Gasteiger partial charge in [-0.25, -0.2) is 0 Å². The lowest BCUT2D eigenvalue weighted by Crippen LogP contribution is -2.07. The topological polar surface area (TPSA) is 58.6 Å². The number of nitrogens with one attached hydrogen (secondary N) is 1. The van der Waals surface area contributed by atoms with E-state index in [1.165, 1.54) is 0 Å². The molecule has 0 saturated carbocycles. The lowest BCUT2D eigenvalue weighted by Gasteiger charge is -2.04. The average Bonchev–Trinajstić information content (AvgIpc) is 2.14. The summed E-state index contributed by atoms with van der Waals surface area (Å²) >= 11 is 0. The maximum absolute atomic E-state index is 10.1. The van der Waals surface area contributed by atoms with Gasteiger partial charge in [-0.1, -0.05) is 18.2 Å². The molecule has 1 aromatic rings. The zero-order chi connectivity index (χ0) is 9.52. The molecule has 70 valence electrons. The van der Waals surface area contributed by atoms with Crippen LogP contribution in [0, 0.1) is 0 Å². The fourth-order valence-electron chi connectivity index (χ4n) is 0.779. The second kappa shape index (κ2) is 5.16. The molecule has 0 saturated heterocycles. The van der Waals surface area contributed by atoms with Crippen molar-refractivity contribution in [3.8, 4) is 0 Å². The Hall–Kier alpha value is -1.55. The van der Waals surface area contributed by atoms with E-state index in [1.807, 2.05) is 30.3 Å². The number of para-hydroxylation sites is 1. The van der Waals surface area contributed by atoms with Gasteiger partial charge in [0.1, 0.15) is 0 Å². The highest BCUT2D eigenvalue weighted by atomic mass is 16.6. The molecule has 1 aromatic carbocycles. The molecule has 0 aromatic heterocycles. The van der Waals surface area contributed by atoms with Crippen molar-refractivity contribution in [1.82, 2.24) is 0 Å². The number of hydrogen-bond donors (Lipinski definition) is 2. The number of aliphatic carboxylic acids is 1. The highest BCUT2D eigenvalue weighted by Crippen LogP contribution is 2.04. The molecule has 0 radical (unpaired) electrons. The maximum Gasteiger partial charge on any atom is 0.305 e. The monoisotopic (exact) mass is 181 g/mol. The molecule has 4 heteroatoms. The van der Waals surface area contributed by atoms with Crippen LogP contribution >= 0.6 is 0 Å². The van der Waals surface area contributed by atoms with E-state index in [1.54, 1.807) is 0 Å².